The molecule has 2 rings (SSSR count). The van der Waals surface area contributed by atoms with E-state index in [9.17, 15) is 18.3 Å². The van der Waals surface area contributed by atoms with E-state index in [4.69, 9.17) is 10.7 Å². The minimum atomic E-state index is -4.03. The predicted molar refractivity (Wildman–Crippen MR) is 58.5 cm³/mol. The summed E-state index contributed by atoms with van der Waals surface area (Å²) >= 11 is 0. The number of rotatable bonds is 1. The van der Waals surface area contributed by atoms with Crippen LogP contribution in [0.25, 0.3) is 0 Å². The van der Waals surface area contributed by atoms with Gasteiger partial charge in [0.1, 0.15) is 10.6 Å². The van der Waals surface area contributed by atoms with Crippen LogP contribution in [-0.4, -0.2) is 19.3 Å². The summed E-state index contributed by atoms with van der Waals surface area (Å²) in [5, 5.41) is 9.76. The van der Waals surface area contributed by atoms with E-state index in [1.807, 2.05) is 0 Å². The fourth-order valence-corrected chi connectivity index (χ4v) is 2.99. The van der Waals surface area contributed by atoms with Crippen molar-refractivity contribution in [1.82, 2.24) is 0 Å². The van der Waals surface area contributed by atoms with Gasteiger partial charge in [0.05, 0.1) is 5.56 Å². The van der Waals surface area contributed by atoms with Crippen molar-refractivity contribution < 1.29 is 18.3 Å². The molecule has 1 N–H and O–H groups in total. The van der Waals surface area contributed by atoms with E-state index in [0.29, 0.717) is 24.0 Å². The lowest BCUT2D eigenvalue weighted by Crippen LogP contribution is -2.00. The number of halogens is 1. The van der Waals surface area contributed by atoms with Crippen LogP contribution in [-0.2, 0) is 15.5 Å². The number of hydrogen-bond acceptors (Lipinski definition) is 4. The molecular weight excluding hydrogens is 252 g/mol. The molecule has 1 aliphatic rings. The molecule has 1 aromatic carbocycles. The molecule has 0 heterocycles. The zero-order valence-electron chi connectivity index (χ0n) is 8.45. The highest BCUT2D eigenvalue weighted by atomic mass is 35.7. The van der Waals surface area contributed by atoms with Gasteiger partial charge in [-0.1, -0.05) is 0 Å². The van der Waals surface area contributed by atoms with Crippen LogP contribution in [0.3, 0.4) is 0 Å². The van der Waals surface area contributed by atoms with Gasteiger partial charge in [-0.25, -0.2) is 8.42 Å². The van der Waals surface area contributed by atoms with Crippen molar-refractivity contribution in [1.29, 1.82) is 0 Å². The zero-order valence-corrected chi connectivity index (χ0v) is 10.0. The number of fused-ring (bicyclic) bond motifs is 1. The van der Waals surface area contributed by atoms with Gasteiger partial charge >= 0.3 is 0 Å². The molecule has 1 aliphatic carbocycles. The number of phenols is 1. The zero-order chi connectivity index (χ0) is 12.1. The Morgan fingerprint density at radius 2 is 2.00 bits per heavy atom. The lowest BCUT2D eigenvalue weighted by Gasteiger charge is -2.09. The van der Waals surface area contributed by atoms with E-state index < -0.39 is 14.8 Å². The number of ketones is 1. The van der Waals surface area contributed by atoms with Crippen molar-refractivity contribution in [3.63, 3.8) is 0 Å². The Labute approximate surface area is 97.3 Å². The fraction of sp³-hybridized carbons (Fsp3) is 0.300. The normalized spacial score (nSPS) is 15.2. The molecule has 16 heavy (non-hydrogen) atoms. The van der Waals surface area contributed by atoms with Crippen LogP contribution in [0.15, 0.2) is 11.0 Å². The molecule has 0 saturated heterocycles. The van der Waals surface area contributed by atoms with Gasteiger partial charge in [0, 0.05) is 17.1 Å². The smallest absolute Gasteiger partial charge is 0.265 e. The van der Waals surface area contributed by atoms with E-state index in [-0.39, 0.29) is 16.2 Å². The summed E-state index contributed by atoms with van der Waals surface area (Å²) in [6.07, 6.45) is 0.839. The maximum Gasteiger partial charge on any atom is 0.265 e. The number of phenolic OH excluding ortho intramolecular Hbond substituents is 1. The Balaban J connectivity index is 2.84. The summed E-state index contributed by atoms with van der Waals surface area (Å²) in [6.45, 7) is 1.70. The molecule has 1 aromatic rings. The highest BCUT2D eigenvalue weighted by molar-refractivity contribution is 8.13. The van der Waals surface area contributed by atoms with Gasteiger partial charge in [-0.3, -0.25) is 4.79 Å². The van der Waals surface area contributed by atoms with Crippen molar-refractivity contribution in [2.75, 3.05) is 0 Å². The minimum absolute atomic E-state index is 0.110. The summed E-state index contributed by atoms with van der Waals surface area (Å²) in [6, 6.07) is 1.30. The summed E-state index contributed by atoms with van der Waals surface area (Å²) < 4.78 is 22.4. The van der Waals surface area contributed by atoms with Gasteiger partial charge in [-0.2, -0.15) is 0 Å². The van der Waals surface area contributed by atoms with Crippen LogP contribution in [0.1, 0.15) is 27.9 Å². The van der Waals surface area contributed by atoms with E-state index in [1.54, 1.807) is 6.92 Å². The van der Waals surface area contributed by atoms with Crippen LogP contribution in [0, 0.1) is 6.92 Å². The lowest BCUT2D eigenvalue weighted by atomic mass is 10.0. The van der Waals surface area contributed by atoms with Gasteiger partial charge < -0.3 is 5.11 Å². The van der Waals surface area contributed by atoms with Crippen molar-refractivity contribution in [3.05, 3.63) is 22.8 Å². The Morgan fingerprint density at radius 1 is 1.38 bits per heavy atom. The van der Waals surface area contributed by atoms with Crippen molar-refractivity contribution >= 4 is 25.5 Å². The molecule has 0 saturated carbocycles. The van der Waals surface area contributed by atoms with E-state index in [2.05, 4.69) is 0 Å². The monoisotopic (exact) mass is 260 g/mol. The quantitative estimate of drug-likeness (QED) is 0.781. The van der Waals surface area contributed by atoms with Gasteiger partial charge in [-0.05, 0) is 30.5 Å². The lowest BCUT2D eigenvalue weighted by molar-refractivity contribution is 0.0992. The maximum absolute atomic E-state index is 11.5. The fourth-order valence-electron chi connectivity index (χ4n) is 1.99. The number of Topliss-reactive ketones (excluding diaryl/α,β-unsaturated/α-hetero) is 1. The summed E-state index contributed by atoms with van der Waals surface area (Å²) in [7, 11) is 1.16. The van der Waals surface area contributed by atoms with E-state index >= 15 is 0 Å². The standard InChI is InChI=1S/C10H9ClO4S/c1-5-4-8(16(11,14)15)10(13)9-6(5)2-3-7(9)12/h4,13H,2-3H2,1H3. The first-order valence-electron chi connectivity index (χ1n) is 4.65. The number of carbonyl (C=O) groups excluding carboxylic acids is 1. The van der Waals surface area contributed by atoms with E-state index in [0.717, 1.165) is 0 Å². The predicted octanol–water partition coefficient (Wildman–Crippen LogP) is 1.76. The van der Waals surface area contributed by atoms with E-state index in [1.165, 1.54) is 6.07 Å². The second-order valence-corrected chi connectivity index (χ2v) is 6.29. The van der Waals surface area contributed by atoms with Crippen molar-refractivity contribution in [3.8, 4) is 5.75 Å². The third kappa shape index (κ3) is 1.60. The molecule has 6 heteroatoms. The molecule has 86 valence electrons. The Kier molecular flexibility index (Phi) is 2.47. The Morgan fingerprint density at radius 3 is 2.56 bits per heavy atom. The van der Waals surface area contributed by atoms with Gasteiger partial charge in [-0.15, -0.1) is 0 Å². The Hall–Kier alpha value is -1.07. The van der Waals surface area contributed by atoms with Gasteiger partial charge in [0.2, 0.25) is 0 Å². The number of hydrogen-bond donors (Lipinski definition) is 1. The molecule has 0 unspecified atom stereocenters. The second-order valence-electron chi connectivity index (χ2n) is 3.75. The summed E-state index contributed by atoms with van der Waals surface area (Å²) in [5.74, 6) is -0.754. The largest absolute Gasteiger partial charge is 0.506 e. The van der Waals surface area contributed by atoms with Crippen LogP contribution in [0.4, 0.5) is 0 Å². The molecule has 0 amide bonds. The summed E-state index contributed by atoms with van der Waals surface area (Å²) in [5.41, 5.74) is 1.49. The van der Waals surface area contributed by atoms with Gasteiger partial charge in [0.25, 0.3) is 9.05 Å². The third-order valence-electron chi connectivity index (χ3n) is 2.74. The molecule has 0 spiro atoms. The molecular formula is C10H9ClO4S. The molecule has 0 atom stereocenters. The Bertz CT molecular complexity index is 589. The van der Waals surface area contributed by atoms with Crippen LogP contribution >= 0.6 is 10.7 Å². The average molecular weight is 261 g/mol. The molecule has 0 bridgehead atoms. The van der Waals surface area contributed by atoms with Crippen LogP contribution in [0.2, 0.25) is 0 Å². The highest BCUT2D eigenvalue weighted by Crippen LogP contribution is 2.38. The first-order chi connectivity index (χ1) is 7.32. The minimum Gasteiger partial charge on any atom is -0.506 e. The molecule has 0 radical (unpaired) electrons. The molecule has 0 aromatic heterocycles. The third-order valence-corrected chi connectivity index (χ3v) is 4.07. The van der Waals surface area contributed by atoms with Crippen LogP contribution < -0.4 is 0 Å². The number of carbonyl (C=O) groups is 1. The molecule has 0 fully saturated rings. The molecule has 4 nitrogen and oxygen atoms in total. The summed E-state index contributed by atoms with van der Waals surface area (Å²) in [4.78, 5) is 11.1. The second kappa shape index (κ2) is 3.46. The average Bonchev–Trinajstić information content (AvgIpc) is 2.53. The topological polar surface area (TPSA) is 71.4 Å². The SMILES string of the molecule is Cc1cc(S(=O)(=O)Cl)c(O)c2c1CCC2=O. The number of aromatic hydroxyl groups is 1. The number of benzene rings is 1. The van der Waals surface area contributed by atoms with Crippen molar-refractivity contribution in [2.24, 2.45) is 0 Å². The van der Waals surface area contributed by atoms with Crippen molar-refractivity contribution in [2.45, 2.75) is 24.7 Å². The first-order valence-corrected chi connectivity index (χ1v) is 6.96. The van der Waals surface area contributed by atoms with Crippen LogP contribution in [0.5, 0.6) is 5.75 Å². The maximum atomic E-state index is 11.5. The highest BCUT2D eigenvalue weighted by Gasteiger charge is 2.30. The van der Waals surface area contributed by atoms with Gasteiger partial charge in [0.15, 0.2) is 5.78 Å². The molecule has 0 aliphatic heterocycles. The number of aryl methyl sites for hydroxylation is 1. The first kappa shape index (κ1) is 11.4.